The van der Waals surface area contributed by atoms with Gasteiger partial charge < -0.3 is 4.74 Å². The summed E-state index contributed by atoms with van der Waals surface area (Å²) in [4.78, 5) is 29.1. The van der Waals surface area contributed by atoms with E-state index >= 15 is 0 Å². The summed E-state index contributed by atoms with van der Waals surface area (Å²) in [5.41, 5.74) is 1.07. The Morgan fingerprint density at radius 2 is 1.88 bits per heavy atom. The van der Waals surface area contributed by atoms with Crippen molar-refractivity contribution in [3.63, 3.8) is 0 Å². The van der Waals surface area contributed by atoms with E-state index in [1.807, 2.05) is 24.3 Å². The van der Waals surface area contributed by atoms with Gasteiger partial charge in [0.15, 0.2) is 5.16 Å². The summed E-state index contributed by atoms with van der Waals surface area (Å²) in [7, 11) is 0. The molecular formula is C20H18N2O3S. The summed E-state index contributed by atoms with van der Waals surface area (Å²) in [6, 6.07) is 16.1. The molecule has 0 aliphatic rings. The molecule has 0 saturated heterocycles. The zero-order valence-corrected chi connectivity index (χ0v) is 14.9. The summed E-state index contributed by atoms with van der Waals surface area (Å²) >= 11 is 1.38. The van der Waals surface area contributed by atoms with Gasteiger partial charge in [0.25, 0.3) is 5.56 Å². The molecule has 0 atom stereocenters. The molecule has 1 aromatic heterocycles. The lowest BCUT2D eigenvalue weighted by Crippen LogP contribution is -2.23. The molecule has 5 nitrogen and oxygen atoms in total. The van der Waals surface area contributed by atoms with Crippen LogP contribution in [0.5, 0.6) is 0 Å². The molecule has 2 aromatic carbocycles. The van der Waals surface area contributed by atoms with Crippen LogP contribution in [0, 0.1) is 0 Å². The summed E-state index contributed by atoms with van der Waals surface area (Å²) in [5.74, 6) is 0.140. The molecule has 0 spiro atoms. The maximum atomic E-state index is 12.6. The molecule has 6 heteroatoms. The molecule has 132 valence electrons. The standard InChI is InChI=1S/C20H18N2O3S/c1-2-12-22-18(23)16-10-6-7-11-17(16)21-20(22)26-14-13-25-19(24)15-8-4-3-5-9-15/h2-11H,1,12-14H2. The number of aromatic nitrogens is 2. The van der Waals surface area contributed by atoms with Gasteiger partial charge in [0, 0.05) is 12.3 Å². The molecule has 0 N–H and O–H groups in total. The van der Waals surface area contributed by atoms with E-state index in [4.69, 9.17) is 4.74 Å². The van der Waals surface area contributed by atoms with E-state index in [9.17, 15) is 9.59 Å². The monoisotopic (exact) mass is 366 g/mol. The van der Waals surface area contributed by atoms with Gasteiger partial charge >= 0.3 is 5.97 Å². The normalized spacial score (nSPS) is 10.6. The summed E-state index contributed by atoms with van der Waals surface area (Å²) in [5, 5.41) is 1.17. The number of carbonyl (C=O) groups excluding carboxylic acids is 1. The van der Waals surface area contributed by atoms with E-state index in [1.54, 1.807) is 41.0 Å². The second kappa shape index (κ2) is 8.49. The van der Waals surface area contributed by atoms with Gasteiger partial charge in [-0.05, 0) is 24.3 Å². The van der Waals surface area contributed by atoms with Crippen molar-refractivity contribution in [3.8, 4) is 0 Å². The molecule has 0 bridgehead atoms. The highest BCUT2D eigenvalue weighted by molar-refractivity contribution is 7.99. The molecule has 1 heterocycles. The number of hydrogen-bond acceptors (Lipinski definition) is 5. The molecule has 3 aromatic rings. The average molecular weight is 366 g/mol. The van der Waals surface area contributed by atoms with Gasteiger partial charge in [-0.3, -0.25) is 9.36 Å². The lowest BCUT2D eigenvalue weighted by atomic mass is 10.2. The molecule has 0 aliphatic carbocycles. The van der Waals surface area contributed by atoms with Crippen LogP contribution in [0.2, 0.25) is 0 Å². The van der Waals surface area contributed by atoms with Crippen LogP contribution in [0.4, 0.5) is 0 Å². The minimum Gasteiger partial charge on any atom is -0.461 e. The van der Waals surface area contributed by atoms with Crippen LogP contribution in [0.3, 0.4) is 0 Å². The van der Waals surface area contributed by atoms with Crippen molar-refractivity contribution >= 4 is 28.6 Å². The summed E-state index contributed by atoms with van der Waals surface area (Å²) < 4.78 is 6.85. The van der Waals surface area contributed by atoms with Gasteiger partial charge in [-0.1, -0.05) is 48.2 Å². The molecule has 26 heavy (non-hydrogen) atoms. The second-order valence-corrected chi connectivity index (χ2v) is 6.53. The van der Waals surface area contributed by atoms with Crippen LogP contribution in [0.1, 0.15) is 10.4 Å². The Kier molecular flexibility index (Phi) is 5.86. The zero-order chi connectivity index (χ0) is 18.4. The lowest BCUT2D eigenvalue weighted by molar-refractivity contribution is 0.0530. The highest BCUT2D eigenvalue weighted by Gasteiger charge is 2.11. The number of allylic oxidation sites excluding steroid dienone is 1. The van der Waals surface area contributed by atoms with Crippen LogP contribution >= 0.6 is 11.8 Å². The highest BCUT2D eigenvalue weighted by atomic mass is 32.2. The number of rotatable bonds is 7. The van der Waals surface area contributed by atoms with Gasteiger partial charge in [0.2, 0.25) is 0 Å². The van der Waals surface area contributed by atoms with E-state index in [1.165, 1.54) is 11.8 Å². The minimum atomic E-state index is -0.360. The first kappa shape index (κ1) is 17.9. The fourth-order valence-electron chi connectivity index (χ4n) is 2.47. The third-order valence-corrected chi connectivity index (χ3v) is 4.64. The quantitative estimate of drug-likeness (QED) is 0.210. The topological polar surface area (TPSA) is 61.2 Å². The fraction of sp³-hybridized carbons (Fsp3) is 0.150. The van der Waals surface area contributed by atoms with Crippen LogP contribution in [-0.2, 0) is 11.3 Å². The molecule has 0 unspecified atom stereocenters. The van der Waals surface area contributed by atoms with Crippen molar-refractivity contribution in [1.82, 2.24) is 9.55 Å². The largest absolute Gasteiger partial charge is 0.461 e. The Morgan fingerprint density at radius 1 is 1.15 bits per heavy atom. The molecule has 0 fully saturated rings. The Balaban J connectivity index is 1.70. The van der Waals surface area contributed by atoms with Gasteiger partial charge in [-0.25, -0.2) is 9.78 Å². The third-order valence-electron chi connectivity index (χ3n) is 3.70. The molecule has 0 radical (unpaired) electrons. The first-order valence-electron chi connectivity index (χ1n) is 8.16. The maximum absolute atomic E-state index is 12.6. The van der Waals surface area contributed by atoms with Crippen LogP contribution in [-0.4, -0.2) is 27.9 Å². The Bertz CT molecular complexity index is 983. The fourth-order valence-corrected chi connectivity index (χ4v) is 3.30. The van der Waals surface area contributed by atoms with Gasteiger partial charge in [-0.15, -0.1) is 6.58 Å². The van der Waals surface area contributed by atoms with Crippen molar-refractivity contribution in [3.05, 3.63) is 83.2 Å². The predicted molar refractivity (Wildman–Crippen MR) is 104 cm³/mol. The van der Waals surface area contributed by atoms with Crippen LogP contribution < -0.4 is 5.56 Å². The molecule has 0 aliphatic heterocycles. The maximum Gasteiger partial charge on any atom is 0.338 e. The number of fused-ring (bicyclic) bond motifs is 1. The number of benzene rings is 2. The van der Waals surface area contributed by atoms with Gasteiger partial charge in [-0.2, -0.15) is 0 Å². The van der Waals surface area contributed by atoms with Crippen molar-refractivity contribution in [2.45, 2.75) is 11.7 Å². The van der Waals surface area contributed by atoms with Gasteiger partial charge in [0.05, 0.1) is 16.5 Å². The number of esters is 1. The molecule has 0 amide bonds. The SMILES string of the molecule is C=CCn1c(SCCOC(=O)c2ccccc2)nc2ccccc2c1=O. The van der Waals surface area contributed by atoms with Gasteiger partial charge in [0.1, 0.15) is 6.61 Å². The van der Waals surface area contributed by atoms with Crippen molar-refractivity contribution < 1.29 is 9.53 Å². The zero-order valence-electron chi connectivity index (χ0n) is 14.1. The molecular weight excluding hydrogens is 348 g/mol. The van der Waals surface area contributed by atoms with E-state index in [-0.39, 0.29) is 18.1 Å². The number of thioether (sulfide) groups is 1. The minimum absolute atomic E-state index is 0.0979. The Hall–Kier alpha value is -2.86. The molecule has 0 saturated carbocycles. The summed E-state index contributed by atoms with van der Waals surface area (Å²) in [6.45, 7) is 4.31. The third kappa shape index (κ3) is 4.03. The Morgan fingerprint density at radius 3 is 2.65 bits per heavy atom. The predicted octanol–water partition coefficient (Wildman–Crippen LogP) is 3.53. The second-order valence-electron chi connectivity index (χ2n) is 5.47. The highest BCUT2D eigenvalue weighted by Crippen LogP contribution is 2.18. The lowest BCUT2D eigenvalue weighted by Gasteiger charge is -2.11. The van der Waals surface area contributed by atoms with Crippen molar-refractivity contribution in [2.24, 2.45) is 0 Å². The first-order valence-corrected chi connectivity index (χ1v) is 9.14. The van der Waals surface area contributed by atoms with E-state index < -0.39 is 0 Å². The van der Waals surface area contributed by atoms with Crippen molar-refractivity contribution in [2.75, 3.05) is 12.4 Å². The number of hydrogen-bond donors (Lipinski definition) is 0. The smallest absolute Gasteiger partial charge is 0.338 e. The number of carbonyl (C=O) groups is 1. The average Bonchev–Trinajstić information content (AvgIpc) is 2.68. The van der Waals surface area contributed by atoms with E-state index in [0.29, 0.717) is 33.9 Å². The molecule has 3 rings (SSSR count). The van der Waals surface area contributed by atoms with Crippen LogP contribution in [0.15, 0.2) is 77.2 Å². The van der Waals surface area contributed by atoms with Crippen LogP contribution in [0.25, 0.3) is 10.9 Å². The van der Waals surface area contributed by atoms with E-state index in [0.717, 1.165) is 0 Å². The Labute approximate surface area is 155 Å². The van der Waals surface area contributed by atoms with E-state index in [2.05, 4.69) is 11.6 Å². The number of nitrogens with zero attached hydrogens (tertiary/aromatic N) is 2. The summed E-state index contributed by atoms with van der Waals surface area (Å²) in [6.07, 6.45) is 1.66. The van der Waals surface area contributed by atoms with Crippen molar-refractivity contribution in [1.29, 1.82) is 0 Å². The number of ether oxygens (including phenoxy) is 1. The first-order chi connectivity index (χ1) is 12.7. The number of para-hydroxylation sites is 1.